The highest BCUT2D eigenvalue weighted by Gasteiger charge is 2.22. The van der Waals surface area contributed by atoms with Gasteiger partial charge in [-0.3, -0.25) is 4.79 Å². The van der Waals surface area contributed by atoms with Crippen molar-refractivity contribution in [1.82, 2.24) is 0 Å². The molecule has 0 N–H and O–H groups in total. The molecule has 1 aromatic carbocycles. The van der Waals surface area contributed by atoms with Gasteiger partial charge in [0, 0.05) is 23.0 Å². The van der Waals surface area contributed by atoms with Gasteiger partial charge in [-0.15, -0.1) is 11.8 Å². The zero-order chi connectivity index (χ0) is 9.97. The summed E-state index contributed by atoms with van der Waals surface area (Å²) in [5, 5.41) is 0.518. The van der Waals surface area contributed by atoms with Crippen molar-refractivity contribution in [2.24, 2.45) is 0 Å². The minimum absolute atomic E-state index is 0.426. The molecule has 1 fully saturated rings. The first-order chi connectivity index (χ1) is 6.74. The third kappa shape index (κ3) is 2.38. The predicted octanol–water partition coefficient (Wildman–Crippen LogP) is 3.21. The van der Waals surface area contributed by atoms with Crippen molar-refractivity contribution in [3.05, 3.63) is 29.8 Å². The highest BCUT2D eigenvalue weighted by Crippen LogP contribution is 2.33. The lowest BCUT2D eigenvalue weighted by molar-refractivity contribution is -0.117. The van der Waals surface area contributed by atoms with Crippen LogP contribution in [-0.4, -0.2) is 11.0 Å². The largest absolute Gasteiger partial charge is 0.300 e. The number of Topliss-reactive ketones (excluding diaryl/α,β-unsaturated/α-hetero) is 1. The summed E-state index contributed by atoms with van der Waals surface area (Å²) < 4.78 is 0. The number of hydrogen-bond donors (Lipinski definition) is 0. The van der Waals surface area contributed by atoms with Gasteiger partial charge in [-0.2, -0.15) is 0 Å². The summed E-state index contributed by atoms with van der Waals surface area (Å²) in [7, 11) is 0. The predicted molar refractivity (Wildman–Crippen MR) is 59.7 cm³/mol. The van der Waals surface area contributed by atoms with Crippen LogP contribution in [0.3, 0.4) is 0 Å². The summed E-state index contributed by atoms with van der Waals surface area (Å²) in [4.78, 5) is 12.4. The summed E-state index contributed by atoms with van der Waals surface area (Å²) in [5.41, 5.74) is 1.29. The van der Waals surface area contributed by atoms with E-state index in [0.717, 1.165) is 19.3 Å². The number of carbonyl (C=O) groups is 1. The van der Waals surface area contributed by atoms with Gasteiger partial charge in [-0.1, -0.05) is 17.7 Å². The number of carbonyl (C=O) groups excluding carboxylic acids is 1. The molecule has 1 aliphatic carbocycles. The molecule has 14 heavy (non-hydrogen) atoms. The average Bonchev–Trinajstić information content (AvgIpc) is 2.51. The van der Waals surface area contributed by atoms with Gasteiger partial charge in [0.15, 0.2) is 0 Å². The fourth-order valence-corrected chi connectivity index (χ4v) is 3.06. The van der Waals surface area contributed by atoms with E-state index in [0.29, 0.717) is 11.0 Å². The van der Waals surface area contributed by atoms with Gasteiger partial charge in [-0.25, -0.2) is 0 Å². The van der Waals surface area contributed by atoms with Crippen LogP contribution in [0.1, 0.15) is 24.8 Å². The number of hydrogen-bond acceptors (Lipinski definition) is 2. The highest BCUT2D eigenvalue weighted by atomic mass is 32.2. The van der Waals surface area contributed by atoms with E-state index in [9.17, 15) is 4.79 Å². The van der Waals surface area contributed by atoms with Crippen LogP contribution in [0.15, 0.2) is 29.2 Å². The van der Waals surface area contributed by atoms with E-state index in [4.69, 9.17) is 0 Å². The monoisotopic (exact) mass is 206 g/mol. The van der Waals surface area contributed by atoms with Crippen LogP contribution in [0, 0.1) is 6.92 Å². The Balaban J connectivity index is 2.00. The molecule has 0 amide bonds. The SMILES string of the molecule is Cc1cccc(SC2CCC(=O)C2)c1. The van der Waals surface area contributed by atoms with E-state index < -0.39 is 0 Å². The van der Waals surface area contributed by atoms with Crippen molar-refractivity contribution in [3.8, 4) is 0 Å². The minimum Gasteiger partial charge on any atom is -0.300 e. The van der Waals surface area contributed by atoms with Gasteiger partial charge >= 0.3 is 0 Å². The zero-order valence-electron chi connectivity index (χ0n) is 8.32. The fourth-order valence-electron chi connectivity index (χ4n) is 1.76. The molecular formula is C12H14OS. The van der Waals surface area contributed by atoms with Gasteiger partial charge in [-0.05, 0) is 25.5 Å². The Morgan fingerprint density at radius 2 is 2.29 bits per heavy atom. The molecule has 2 heteroatoms. The molecule has 0 bridgehead atoms. The molecule has 0 aromatic heterocycles. The Morgan fingerprint density at radius 3 is 2.93 bits per heavy atom. The summed E-state index contributed by atoms with van der Waals surface area (Å²) in [6.07, 6.45) is 2.60. The van der Waals surface area contributed by atoms with Crippen molar-refractivity contribution < 1.29 is 4.79 Å². The molecule has 0 saturated heterocycles. The normalized spacial score (nSPS) is 21.5. The van der Waals surface area contributed by atoms with Crippen molar-refractivity contribution in [2.75, 3.05) is 0 Å². The topological polar surface area (TPSA) is 17.1 Å². The van der Waals surface area contributed by atoms with E-state index in [1.807, 2.05) is 11.8 Å². The molecule has 1 unspecified atom stereocenters. The summed E-state index contributed by atoms with van der Waals surface area (Å²) in [6.45, 7) is 2.10. The summed E-state index contributed by atoms with van der Waals surface area (Å²) >= 11 is 1.85. The Kier molecular flexibility index (Phi) is 2.92. The second kappa shape index (κ2) is 4.18. The number of aryl methyl sites for hydroxylation is 1. The lowest BCUT2D eigenvalue weighted by atomic mass is 10.2. The molecule has 0 spiro atoms. The first kappa shape index (κ1) is 9.78. The maximum atomic E-state index is 11.1. The van der Waals surface area contributed by atoms with Crippen LogP contribution in [0.4, 0.5) is 0 Å². The van der Waals surface area contributed by atoms with E-state index in [1.54, 1.807) is 0 Å². The molecule has 1 aromatic rings. The van der Waals surface area contributed by atoms with Gasteiger partial charge in [0.25, 0.3) is 0 Å². The van der Waals surface area contributed by atoms with Crippen LogP contribution in [0.5, 0.6) is 0 Å². The average molecular weight is 206 g/mol. The van der Waals surface area contributed by atoms with Gasteiger partial charge in [0.2, 0.25) is 0 Å². The molecule has 0 aliphatic heterocycles. The smallest absolute Gasteiger partial charge is 0.134 e. The molecule has 1 aliphatic rings. The maximum absolute atomic E-state index is 11.1. The van der Waals surface area contributed by atoms with E-state index >= 15 is 0 Å². The summed E-state index contributed by atoms with van der Waals surface area (Å²) in [5.74, 6) is 0.426. The van der Waals surface area contributed by atoms with Crippen molar-refractivity contribution >= 4 is 17.5 Å². The number of ketones is 1. The Bertz CT molecular complexity index is 346. The zero-order valence-corrected chi connectivity index (χ0v) is 9.14. The van der Waals surface area contributed by atoms with Crippen molar-refractivity contribution in [2.45, 2.75) is 36.3 Å². The van der Waals surface area contributed by atoms with E-state index in [2.05, 4.69) is 31.2 Å². The van der Waals surface area contributed by atoms with Gasteiger partial charge < -0.3 is 0 Å². The Morgan fingerprint density at radius 1 is 1.43 bits per heavy atom. The van der Waals surface area contributed by atoms with Crippen LogP contribution < -0.4 is 0 Å². The van der Waals surface area contributed by atoms with Crippen LogP contribution >= 0.6 is 11.8 Å². The lowest BCUT2D eigenvalue weighted by Crippen LogP contribution is -1.95. The molecule has 74 valence electrons. The minimum atomic E-state index is 0.426. The van der Waals surface area contributed by atoms with E-state index in [-0.39, 0.29) is 0 Å². The number of rotatable bonds is 2. The second-order valence-corrected chi connectivity index (χ2v) is 5.21. The Hall–Kier alpha value is -0.760. The first-order valence-corrected chi connectivity index (χ1v) is 5.87. The quantitative estimate of drug-likeness (QED) is 0.739. The number of thioether (sulfide) groups is 1. The molecule has 0 radical (unpaired) electrons. The van der Waals surface area contributed by atoms with Crippen LogP contribution in [0.2, 0.25) is 0 Å². The Labute approximate surface area is 88.9 Å². The second-order valence-electron chi connectivity index (χ2n) is 3.84. The standard InChI is InChI=1S/C12H14OS/c1-9-3-2-4-11(7-9)14-12-6-5-10(13)8-12/h2-4,7,12H,5-6,8H2,1H3. The van der Waals surface area contributed by atoms with Gasteiger partial charge in [0.1, 0.15) is 5.78 Å². The molecule has 1 saturated carbocycles. The molecule has 0 heterocycles. The molecule has 1 atom stereocenters. The summed E-state index contributed by atoms with van der Waals surface area (Å²) in [6, 6.07) is 8.49. The maximum Gasteiger partial charge on any atom is 0.134 e. The van der Waals surface area contributed by atoms with Crippen molar-refractivity contribution in [3.63, 3.8) is 0 Å². The molecular weight excluding hydrogens is 192 g/mol. The molecule has 1 nitrogen and oxygen atoms in total. The van der Waals surface area contributed by atoms with Gasteiger partial charge in [0.05, 0.1) is 0 Å². The fraction of sp³-hybridized carbons (Fsp3) is 0.417. The number of benzene rings is 1. The van der Waals surface area contributed by atoms with Crippen LogP contribution in [-0.2, 0) is 4.79 Å². The highest BCUT2D eigenvalue weighted by molar-refractivity contribution is 8.00. The van der Waals surface area contributed by atoms with Crippen molar-refractivity contribution in [1.29, 1.82) is 0 Å². The molecule has 2 rings (SSSR count). The first-order valence-electron chi connectivity index (χ1n) is 4.99. The third-order valence-corrected chi connectivity index (χ3v) is 3.75. The van der Waals surface area contributed by atoms with Crippen LogP contribution in [0.25, 0.3) is 0 Å². The third-order valence-electron chi connectivity index (χ3n) is 2.49. The lowest BCUT2D eigenvalue weighted by Gasteiger charge is -2.07. The van der Waals surface area contributed by atoms with E-state index in [1.165, 1.54) is 10.5 Å².